The van der Waals surface area contributed by atoms with Crippen molar-refractivity contribution in [2.24, 2.45) is 5.92 Å². The Labute approximate surface area is 122 Å². The first-order chi connectivity index (χ1) is 9.34. The Bertz CT molecular complexity index is 593. The molecule has 0 saturated carbocycles. The van der Waals surface area contributed by atoms with Crippen molar-refractivity contribution in [2.75, 3.05) is 18.1 Å². The number of nitrogens with one attached hydrogen (secondary N) is 1. The van der Waals surface area contributed by atoms with Crippen LogP contribution in [0, 0.1) is 26.7 Å². The van der Waals surface area contributed by atoms with E-state index in [2.05, 4.69) is 45.1 Å². The molecule has 20 heavy (non-hydrogen) atoms. The molecule has 1 saturated heterocycles. The van der Waals surface area contributed by atoms with Gasteiger partial charge in [-0.15, -0.1) is 0 Å². The maximum atomic E-state index is 11.8. The number of hydrogen-bond acceptors (Lipinski definition) is 3. The van der Waals surface area contributed by atoms with Gasteiger partial charge in [0, 0.05) is 6.04 Å². The molecule has 112 valence electrons. The highest BCUT2D eigenvalue weighted by Crippen LogP contribution is 2.34. The van der Waals surface area contributed by atoms with Crippen LogP contribution in [0.1, 0.15) is 41.6 Å². The summed E-state index contributed by atoms with van der Waals surface area (Å²) < 4.78 is 23.5. The molecule has 0 aliphatic carbocycles. The first-order valence-corrected chi connectivity index (χ1v) is 9.17. The molecule has 0 spiro atoms. The van der Waals surface area contributed by atoms with E-state index < -0.39 is 9.84 Å². The standard InChI is InChI=1S/C16H25NO2S/c1-5-17-16(14-6-7-20(18,19)10-14)15-9-12(3)11(2)8-13(15)4/h8-9,14,16-17H,5-7,10H2,1-4H3. The summed E-state index contributed by atoms with van der Waals surface area (Å²) in [6.45, 7) is 9.29. The molecule has 0 aromatic heterocycles. The molecule has 1 fully saturated rings. The molecule has 0 radical (unpaired) electrons. The van der Waals surface area contributed by atoms with Gasteiger partial charge in [-0.2, -0.15) is 0 Å². The topological polar surface area (TPSA) is 46.2 Å². The zero-order chi connectivity index (χ0) is 14.9. The lowest BCUT2D eigenvalue weighted by molar-refractivity contribution is 0.399. The van der Waals surface area contributed by atoms with Crippen LogP contribution in [0.2, 0.25) is 0 Å². The molecule has 1 N–H and O–H groups in total. The highest BCUT2D eigenvalue weighted by molar-refractivity contribution is 7.91. The number of aryl methyl sites for hydroxylation is 3. The van der Waals surface area contributed by atoms with Crippen LogP contribution >= 0.6 is 0 Å². The molecule has 1 aliphatic heterocycles. The van der Waals surface area contributed by atoms with Gasteiger partial charge in [0.1, 0.15) is 0 Å². The van der Waals surface area contributed by atoms with E-state index >= 15 is 0 Å². The van der Waals surface area contributed by atoms with E-state index in [9.17, 15) is 8.42 Å². The molecule has 3 nitrogen and oxygen atoms in total. The number of sulfone groups is 1. The minimum atomic E-state index is -2.84. The lowest BCUT2D eigenvalue weighted by Gasteiger charge is -2.26. The third kappa shape index (κ3) is 3.23. The summed E-state index contributed by atoms with van der Waals surface area (Å²) in [7, 11) is -2.84. The summed E-state index contributed by atoms with van der Waals surface area (Å²) in [6.07, 6.45) is 0.770. The first-order valence-electron chi connectivity index (χ1n) is 7.35. The largest absolute Gasteiger partial charge is 0.310 e. The SMILES string of the molecule is CCNC(c1cc(C)c(C)cc1C)C1CCS(=O)(=O)C1. The first kappa shape index (κ1) is 15.5. The fraction of sp³-hybridized carbons (Fsp3) is 0.625. The Hall–Kier alpha value is -0.870. The van der Waals surface area contributed by atoms with E-state index in [4.69, 9.17) is 0 Å². The van der Waals surface area contributed by atoms with E-state index in [1.165, 1.54) is 22.3 Å². The quantitative estimate of drug-likeness (QED) is 0.929. The van der Waals surface area contributed by atoms with E-state index in [1.54, 1.807) is 0 Å². The fourth-order valence-corrected chi connectivity index (χ4v) is 5.00. The van der Waals surface area contributed by atoms with Gasteiger partial charge in [-0.25, -0.2) is 8.42 Å². The van der Waals surface area contributed by atoms with Gasteiger partial charge < -0.3 is 5.32 Å². The summed E-state index contributed by atoms with van der Waals surface area (Å²) in [6, 6.07) is 4.58. The molecule has 1 aromatic carbocycles. The number of hydrogen-bond donors (Lipinski definition) is 1. The van der Waals surface area contributed by atoms with Gasteiger partial charge >= 0.3 is 0 Å². The zero-order valence-corrected chi connectivity index (χ0v) is 13.7. The van der Waals surface area contributed by atoms with Crippen molar-refractivity contribution in [1.82, 2.24) is 5.32 Å². The van der Waals surface area contributed by atoms with Crippen LogP contribution in [0.15, 0.2) is 12.1 Å². The average molecular weight is 295 g/mol. The minimum Gasteiger partial charge on any atom is -0.310 e. The Morgan fingerprint density at radius 2 is 1.85 bits per heavy atom. The molecule has 2 unspecified atom stereocenters. The minimum absolute atomic E-state index is 0.150. The summed E-state index contributed by atoms with van der Waals surface area (Å²) in [5, 5.41) is 3.50. The van der Waals surface area contributed by atoms with Crippen LogP contribution in [-0.4, -0.2) is 26.5 Å². The van der Waals surface area contributed by atoms with Crippen LogP contribution in [0.25, 0.3) is 0 Å². The summed E-state index contributed by atoms with van der Waals surface area (Å²) in [5.41, 5.74) is 5.08. The van der Waals surface area contributed by atoms with Gasteiger partial charge in [0.15, 0.2) is 9.84 Å². The third-order valence-corrected chi connectivity index (χ3v) is 6.17. The molecule has 1 heterocycles. The van der Waals surface area contributed by atoms with E-state index in [0.717, 1.165) is 13.0 Å². The van der Waals surface area contributed by atoms with E-state index in [-0.39, 0.29) is 12.0 Å². The highest BCUT2D eigenvalue weighted by Gasteiger charge is 2.34. The Balaban J connectivity index is 2.36. The van der Waals surface area contributed by atoms with Crippen LogP contribution in [0.3, 0.4) is 0 Å². The maximum absolute atomic E-state index is 11.8. The number of benzene rings is 1. The third-order valence-electron chi connectivity index (χ3n) is 4.38. The Kier molecular flexibility index (Phi) is 4.55. The van der Waals surface area contributed by atoms with Gasteiger partial charge in [0.25, 0.3) is 0 Å². The van der Waals surface area contributed by atoms with Crippen LogP contribution in [-0.2, 0) is 9.84 Å². The Morgan fingerprint density at radius 3 is 2.40 bits per heavy atom. The van der Waals surface area contributed by atoms with E-state index in [0.29, 0.717) is 11.5 Å². The van der Waals surface area contributed by atoms with Gasteiger partial charge in [-0.05, 0) is 61.9 Å². The van der Waals surface area contributed by atoms with Gasteiger partial charge in [0.05, 0.1) is 11.5 Å². The normalized spacial score (nSPS) is 22.9. The van der Waals surface area contributed by atoms with Crippen LogP contribution in [0.4, 0.5) is 0 Å². The van der Waals surface area contributed by atoms with Crippen molar-refractivity contribution in [3.05, 3.63) is 34.4 Å². The molecule has 1 aromatic rings. The molecule has 1 aliphatic rings. The van der Waals surface area contributed by atoms with Crippen LogP contribution < -0.4 is 5.32 Å². The maximum Gasteiger partial charge on any atom is 0.150 e. The van der Waals surface area contributed by atoms with Gasteiger partial charge in [0.2, 0.25) is 0 Å². The van der Waals surface area contributed by atoms with Crippen molar-refractivity contribution >= 4 is 9.84 Å². The molecule has 4 heteroatoms. The van der Waals surface area contributed by atoms with Crippen molar-refractivity contribution in [2.45, 2.75) is 40.2 Å². The van der Waals surface area contributed by atoms with Crippen molar-refractivity contribution in [1.29, 1.82) is 0 Å². The lowest BCUT2D eigenvalue weighted by atomic mass is 9.87. The monoisotopic (exact) mass is 295 g/mol. The molecule has 2 rings (SSSR count). The van der Waals surface area contributed by atoms with Gasteiger partial charge in [-0.1, -0.05) is 19.1 Å². The van der Waals surface area contributed by atoms with Crippen molar-refractivity contribution in [3.8, 4) is 0 Å². The molecular weight excluding hydrogens is 270 g/mol. The molecular formula is C16H25NO2S. The predicted molar refractivity (Wildman–Crippen MR) is 83.8 cm³/mol. The Morgan fingerprint density at radius 1 is 1.20 bits per heavy atom. The average Bonchev–Trinajstić information content (AvgIpc) is 2.71. The van der Waals surface area contributed by atoms with E-state index in [1.807, 2.05) is 0 Å². The summed E-state index contributed by atoms with van der Waals surface area (Å²) >= 11 is 0. The van der Waals surface area contributed by atoms with Crippen molar-refractivity contribution in [3.63, 3.8) is 0 Å². The second kappa shape index (κ2) is 5.86. The zero-order valence-electron chi connectivity index (χ0n) is 12.9. The van der Waals surface area contributed by atoms with Crippen LogP contribution in [0.5, 0.6) is 0 Å². The molecule has 0 amide bonds. The van der Waals surface area contributed by atoms with Crippen molar-refractivity contribution < 1.29 is 8.42 Å². The summed E-state index contributed by atoms with van der Waals surface area (Å²) in [4.78, 5) is 0. The summed E-state index contributed by atoms with van der Waals surface area (Å²) in [5.74, 6) is 0.848. The fourth-order valence-electron chi connectivity index (χ4n) is 3.16. The smallest absolute Gasteiger partial charge is 0.150 e. The number of rotatable bonds is 4. The second-order valence-electron chi connectivity index (χ2n) is 5.99. The highest BCUT2D eigenvalue weighted by atomic mass is 32.2. The van der Waals surface area contributed by atoms with Gasteiger partial charge in [-0.3, -0.25) is 0 Å². The predicted octanol–water partition coefficient (Wildman–Crippen LogP) is 2.70. The second-order valence-corrected chi connectivity index (χ2v) is 8.22. The molecule has 2 atom stereocenters. The lowest BCUT2D eigenvalue weighted by Crippen LogP contribution is -2.29. The molecule has 0 bridgehead atoms.